The van der Waals surface area contributed by atoms with Gasteiger partial charge in [-0.3, -0.25) is 0 Å². The van der Waals surface area contributed by atoms with Crippen LogP contribution in [0.2, 0.25) is 0 Å². The van der Waals surface area contributed by atoms with Gasteiger partial charge in [0.1, 0.15) is 20.2 Å². The summed E-state index contributed by atoms with van der Waals surface area (Å²) in [7, 11) is -8.69. The fraction of sp³-hybridized carbons (Fsp3) is 0.647. The number of hydrogen-bond acceptors (Lipinski definition) is 6. The van der Waals surface area contributed by atoms with Crippen LogP contribution in [-0.2, 0) is 52.6 Å². The Hall–Kier alpha value is -1.12. The summed E-state index contributed by atoms with van der Waals surface area (Å²) in [5, 5.41) is 0. The molecule has 0 bridgehead atoms. The van der Waals surface area contributed by atoms with E-state index in [-0.39, 0.29) is 29.3 Å². The molecule has 0 fully saturated rings. The maximum absolute atomic E-state index is 11.2. The molecule has 0 aromatic heterocycles. The van der Waals surface area contributed by atoms with Crippen molar-refractivity contribution in [3.8, 4) is 0 Å². The molecule has 0 spiro atoms. The molecule has 0 aliphatic rings. The van der Waals surface area contributed by atoms with Crippen molar-refractivity contribution in [1.82, 2.24) is 0 Å². The Morgan fingerprint density at radius 1 is 0.442 bits per heavy atom. The molecule has 2 rings (SSSR count). The van der Waals surface area contributed by atoms with Crippen molar-refractivity contribution >= 4 is 20.2 Å². The molecule has 2 aromatic carbocycles. The monoisotopic (exact) mass is 686 g/mol. The second-order valence-electron chi connectivity index (χ2n) is 11.3. The van der Waals surface area contributed by atoms with Crippen molar-refractivity contribution in [3.05, 3.63) is 59.7 Å². The fourth-order valence-corrected chi connectivity index (χ4v) is 6.63. The van der Waals surface area contributed by atoms with Crippen LogP contribution < -0.4 is 0 Å². The molecular formula is C34H54O6S2Zn. The van der Waals surface area contributed by atoms with Crippen molar-refractivity contribution in [2.24, 2.45) is 0 Å². The summed E-state index contributed by atoms with van der Waals surface area (Å²) in [6.45, 7) is 4.44. The fourth-order valence-electron chi connectivity index (χ4n) is 5.16. The molecule has 43 heavy (non-hydrogen) atoms. The van der Waals surface area contributed by atoms with Crippen LogP contribution in [0.15, 0.2) is 58.3 Å². The van der Waals surface area contributed by atoms with Crippen LogP contribution in [-0.4, -0.2) is 25.9 Å². The zero-order valence-electron chi connectivity index (χ0n) is 26.7. The van der Waals surface area contributed by atoms with Crippen molar-refractivity contribution in [3.63, 3.8) is 0 Å². The van der Waals surface area contributed by atoms with Gasteiger partial charge in [-0.15, -0.1) is 0 Å². The van der Waals surface area contributed by atoms with E-state index in [1.807, 2.05) is 0 Å². The minimum atomic E-state index is -4.34. The Kier molecular flexibility index (Phi) is 24.5. The molecule has 0 saturated heterocycles. The summed E-state index contributed by atoms with van der Waals surface area (Å²) in [5.74, 6) is 0. The van der Waals surface area contributed by atoms with Crippen LogP contribution in [0.25, 0.3) is 0 Å². The van der Waals surface area contributed by atoms with Gasteiger partial charge in [0.15, 0.2) is 0 Å². The van der Waals surface area contributed by atoms with E-state index in [2.05, 4.69) is 13.8 Å². The Morgan fingerprint density at radius 3 is 0.977 bits per heavy atom. The van der Waals surface area contributed by atoms with E-state index >= 15 is 0 Å². The predicted molar refractivity (Wildman–Crippen MR) is 171 cm³/mol. The van der Waals surface area contributed by atoms with Gasteiger partial charge in [-0.1, -0.05) is 153 Å². The summed E-state index contributed by atoms with van der Waals surface area (Å²) in [5.41, 5.74) is 1.32. The first-order valence-electron chi connectivity index (χ1n) is 16.2. The molecule has 0 radical (unpaired) electrons. The summed E-state index contributed by atoms with van der Waals surface area (Å²) >= 11 is 0. The molecule has 0 N–H and O–H groups in total. The second kappa shape index (κ2) is 25.1. The van der Waals surface area contributed by atoms with Crippen molar-refractivity contribution in [1.29, 1.82) is 0 Å². The third-order valence-electron chi connectivity index (χ3n) is 7.58. The molecule has 0 unspecified atom stereocenters. The molecule has 9 heteroatoms. The topological polar surface area (TPSA) is 114 Å². The van der Waals surface area contributed by atoms with E-state index in [4.69, 9.17) is 0 Å². The van der Waals surface area contributed by atoms with E-state index in [0.717, 1.165) is 25.7 Å². The van der Waals surface area contributed by atoms with Gasteiger partial charge >= 0.3 is 19.5 Å². The van der Waals surface area contributed by atoms with Gasteiger partial charge in [0.2, 0.25) is 0 Å². The summed E-state index contributed by atoms with van der Waals surface area (Å²) in [4.78, 5) is -0.103. The molecule has 0 aliphatic heterocycles. The van der Waals surface area contributed by atoms with Gasteiger partial charge in [-0.2, -0.15) is 0 Å². The SMILES string of the molecule is CCCCCCCCCCCc1ccccc1S(=O)(=O)[O-].CCCCCCCCCCCc1ccccc1S(=O)(=O)[O-].[Zn+2]. The van der Waals surface area contributed by atoms with Crippen molar-refractivity contribution in [2.45, 2.75) is 152 Å². The molecule has 0 atom stereocenters. The van der Waals surface area contributed by atoms with E-state index in [0.29, 0.717) is 24.0 Å². The third-order valence-corrected chi connectivity index (χ3v) is 9.46. The Balaban J connectivity index is 0.000000802. The minimum absolute atomic E-state index is 0. The summed E-state index contributed by atoms with van der Waals surface area (Å²) < 4.78 is 67.0. The molecule has 0 heterocycles. The average molecular weight is 688 g/mol. The van der Waals surface area contributed by atoms with Crippen LogP contribution in [0.3, 0.4) is 0 Å². The Bertz CT molecular complexity index is 1090. The van der Waals surface area contributed by atoms with Crippen molar-refractivity contribution < 1.29 is 45.4 Å². The number of rotatable bonds is 22. The number of benzene rings is 2. The first-order valence-corrected chi connectivity index (χ1v) is 19.0. The summed E-state index contributed by atoms with van der Waals surface area (Å²) in [6.07, 6.45) is 23.5. The standard InChI is InChI=1S/2C17H28O3S.Zn/c2*1-2-3-4-5-6-7-8-9-10-13-16-14-11-12-15-17(16)21(18,19)20;/h2*11-12,14-15H,2-10,13H2,1H3,(H,18,19,20);/q;;+2/p-2. The van der Waals surface area contributed by atoms with Gasteiger partial charge in [0, 0.05) is 0 Å². The van der Waals surface area contributed by atoms with Gasteiger partial charge in [0.25, 0.3) is 0 Å². The molecule has 0 aliphatic carbocycles. The zero-order chi connectivity index (χ0) is 31.1. The largest absolute Gasteiger partial charge is 2.00 e. The Labute approximate surface area is 276 Å². The minimum Gasteiger partial charge on any atom is -0.744 e. The zero-order valence-corrected chi connectivity index (χ0v) is 31.3. The van der Waals surface area contributed by atoms with Gasteiger partial charge in [-0.05, 0) is 48.9 Å². The van der Waals surface area contributed by atoms with Gasteiger partial charge in [0.05, 0.1) is 9.79 Å². The van der Waals surface area contributed by atoms with Crippen LogP contribution in [0.5, 0.6) is 0 Å². The Morgan fingerprint density at radius 2 is 0.698 bits per heavy atom. The third kappa shape index (κ3) is 20.5. The predicted octanol–water partition coefficient (Wildman–Crippen LogP) is 9.33. The van der Waals surface area contributed by atoms with E-state index in [1.165, 1.54) is 102 Å². The first kappa shape index (κ1) is 41.9. The maximum Gasteiger partial charge on any atom is 2.00 e. The smallest absolute Gasteiger partial charge is 0.744 e. The molecule has 2 aromatic rings. The van der Waals surface area contributed by atoms with Crippen molar-refractivity contribution in [2.75, 3.05) is 0 Å². The van der Waals surface area contributed by atoms with Crippen LogP contribution >= 0.6 is 0 Å². The average Bonchev–Trinajstić information content (AvgIpc) is 2.95. The molecule has 6 nitrogen and oxygen atoms in total. The first-order chi connectivity index (χ1) is 20.1. The second-order valence-corrected chi connectivity index (χ2v) is 14.0. The van der Waals surface area contributed by atoms with E-state index < -0.39 is 20.2 Å². The molecule has 240 valence electrons. The quantitative estimate of drug-likeness (QED) is 0.0692. The normalized spacial score (nSPS) is 11.4. The van der Waals surface area contributed by atoms with Gasteiger partial charge < -0.3 is 9.11 Å². The summed E-state index contributed by atoms with van der Waals surface area (Å²) in [6, 6.07) is 13.1. The van der Waals surface area contributed by atoms with Gasteiger partial charge in [-0.25, -0.2) is 16.8 Å². The number of hydrogen-bond donors (Lipinski definition) is 0. The molecule has 0 amide bonds. The van der Waals surface area contributed by atoms with Crippen LogP contribution in [0.1, 0.15) is 141 Å². The van der Waals surface area contributed by atoms with Crippen LogP contribution in [0, 0.1) is 0 Å². The maximum atomic E-state index is 11.2. The number of unbranched alkanes of at least 4 members (excludes halogenated alkanes) is 16. The van der Waals surface area contributed by atoms with E-state index in [9.17, 15) is 25.9 Å². The molecule has 0 saturated carbocycles. The molecular weight excluding hydrogens is 634 g/mol. The number of aryl methyl sites for hydroxylation is 2. The van der Waals surface area contributed by atoms with Crippen LogP contribution in [0.4, 0.5) is 0 Å². The van der Waals surface area contributed by atoms with E-state index in [1.54, 1.807) is 36.4 Å².